The van der Waals surface area contributed by atoms with Gasteiger partial charge < -0.3 is 10.1 Å². The van der Waals surface area contributed by atoms with E-state index < -0.39 is 0 Å². The highest BCUT2D eigenvalue weighted by Crippen LogP contribution is 2.31. The van der Waals surface area contributed by atoms with Crippen molar-refractivity contribution in [3.63, 3.8) is 0 Å². The maximum Gasteiger partial charge on any atom is 0.124 e. The van der Waals surface area contributed by atoms with Crippen LogP contribution in [0.15, 0.2) is 12.3 Å². The van der Waals surface area contributed by atoms with Gasteiger partial charge in [0, 0.05) is 19.2 Å². The molecule has 76 valence electrons. The molecule has 4 heteroatoms. The summed E-state index contributed by atoms with van der Waals surface area (Å²) in [4.78, 5) is 0. The van der Waals surface area contributed by atoms with Gasteiger partial charge in [-0.15, -0.1) is 0 Å². The standard InChI is InChI=1S/C10H15N3O/c1-2-9(14-7-1)8-3-5-11-10-4-6-12-13(8)10/h4,6,8-9,11H,1-3,5,7H2. The molecule has 2 atom stereocenters. The van der Waals surface area contributed by atoms with Gasteiger partial charge in [-0.05, 0) is 19.3 Å². The predicted octanol–water partition coefficient (Wildman–Crippen LogP) is 1.42. The van der Waals surface area contributed by atoms with E-state index in [1.165, 1.54) is 12.8 Å². The maximum absolute atomic E-state index is 5.73. The first-order chi connectivity index (χ1) is 6.95. The van der Waals surface area contributed by atoms with E-state index in [1.807, 2.05) is 12.3 Å². The highest BCUT2D eigenvalue weighted by molar-refractivity contribution is 5.36. The Morgan fingerprint density at radius 3 is 3.36 bits per heavy atom. The molecule has 1 fully saturated rings. The van der Waals surface area contributed by atoms with Crippen LogP contribution in [0.5, 0.6) is 0 Å². The highest BCUT2D eigenvalue weighted by Gasteiger charge is 2.30. The molecule has 2 aliphatic rings. The second-order valence-electron chi connectivity index (χ2n) is 4.00. The number of nitrogens with one attached hydrogen (secondary N) is 1. The normalized spacial score (nSPS) is 31.1. The molecule has 0 spiro atoms. The molecular weight excluding hydrogens is 178 g/mol. The third kappa shape index (κ3) is 1.21. The van der Waals surface area contributed by atoms with Crippen molar-refractivity contribution in [2.45, 2.75) is 31.4 Å². The first-order valence-electron chi connectivity index (χ1n) is 5.34. The molecular formula is C10H15N3O. The van der Waals surface area contributed by atoms with Crippen molar-refractivity contribution in [1.29, 1.82) is 0 Å². The fourth-order valence-corrected chi connectivity index (χ4v) is 2.44. The van der Waals surface area contributed by atoms with Gasteiger partial charge in [0.05, 0.1) is 18.3 Å². The van der Waals surface area contributed by atoms with E-state index in [1.54, 1.807) is 0 Å². The molecule has 3 rings (SSSR count). The van der Waals surface area contributed by atoms with Crippen LogP contribution in [-0.4, -0.2) is 29.0 Å². The average molecular weight is 193 g/mol. The highest BCUT2D eigenvalue weighted by atomic mass is 16.5. The summed E-state index contributed by atoms with van der Waals surface area (Å²) in [6.45, 7) is 1.96. The van der Waals surface area contributed by atoms with E-state index in [4.69, 9.17) is 4.74 Å². The Balaban J connectivity index is 1.88. The summed E-state index contributed by atoms with van der Waals surface area (Å²) >= 11 is 0. The molecule has 14 heavy (non-hydrogen) atoms. The number of aromatic nitrogens is 2. The molecule has 4 nitrogen and oxygen atoms in total. The molecule has 0 amide bonds. The second-order valence-corrected chi connectivity index (χ2v) is 4.00. The number of hydrogen-bond acceptors (Lipinski definition) is 3. The number of anilines is 1. The molecule has 0 aromatic carbocycles. The van der Waals surface area contributed by atoms with Crippen LogP contribution in [0.2, 0.25) is 0 Å². The van der Waals surface area contributed by atoms with Crippen molar-refractivity contribution < 1.29 is 4.74 Å². The maximum atomic E-state index is 5.73. The third-order valence-electron chi connectivity index (χ3n) is 3.12. The van der Waals surface area contributed by atoms with Gasteiger partial charge in [-0.2, -0.15) is 5.10 Å². The Hall–Kier alpha value is -1.03. The Bertz CT molecular complexity index is 317. The van der Waals surface area contributed by atoms with E-state index in [0.717, 1.165) is 25.4 Å². The van der Waals surface area contributed by atoms with Crippen molar-refractivity contribution >= 4 is 5.82 Å². The summed E-state index contributed by atoms with van der Waals surface area (Å²) in [6, 6.07) is 2.48. The van der Waals surface area contributed by atoms with E-state index >= 15 is 0 Å². The lowest BCUT2D eigenvalue weighted by Gasteiger charge is -2.29. The molecule has 1 saturated heterocycles. The van der Waals surface area contributed by atoms with Gasteiger partial charge in [0.15, 0.2) is 0 Å². The van der Waals surface area contributed by atoms with Gasteiger partial charge in [0.2, 0.25) is 0 Å². The van der Waals surface area contributed by atoms with Gasteiger partial charge in [0.25, 0.3) is 0 Å². The Labute approximate surface area is 83.2 Å². The minimum atomic E-state index is 0.385. The number of nitrogens with zero attached hydrogens (tertiary/aromatic N) is 2. The molecule has 2 unspecified atom stereocenters. The van der Waals surface area contributed by atoms with Crippen molar-refractivity contribution in [3.8, 4) is 0 Å². The van der Waals surface area contributed by atoms with E-state index in [9.17, 15) is 0 Å². The second kappa shape index (κ2) is 3.28. The molecule has 0 bridgehead atoms. The van der Waals surface area contributed by atoms with Gasteiger partial charge in [-0.25, -0.2) is 4.68 Å². The van der Waals surface area contributed by atoms with Crippen molar-refractivity contribution in [1.82, 2.24) is 9.78 Å². The lowest BCUT2D eigenvalue weighted by atomic mass is 10.0. The van der Waals surface area contributed by atoms with Crippen LogP contribution >= 0.6 is 0 Å². The Morgan fingerprint density at radius 1 is 1.50 bits per heavy atom. The zero-order valence-corrected chi connectivity index (χ0v) is 8.15. The molecule has 3 heterocycles. The lowest BCUT2D eigenvalue weighted by Crippen LogP contribution is -2.31. The zero-order chi connectivity index (χ0) is 9.38. The molecule has 1 aromatic rings. The Morgan fingerprint density at radius 2 is 2.50 bits per heavy atom. The molecule has 2 aliphatic heterocycles. The monoisotopic (exact) mass is 193 g/mol. The van der Waals surface area contributed by atoms with Crippen LogP contribution < -0.4 is 5.32 Å². The summed E-state index contributed by atoms with van der Waals surface area (Å²) in [5, 5.41) is 7.70. The van der Waals surface area contributed by atoms with Crippen LogP contribution in [-0.2, 0) is 4.74 Å². The summed E-state index contributed by atoms with van der Waals surface area (Å²) < 4.78 is 7.81. The van der Waals surface area contributed by atoms with Gasteiger partial charge in [-0.1, -0.05) is 0 Å². The summed E-state index contributed by atoms with van der Waals surface area (Å²) in [5.74, 6) is 1.14. The molecule has 1 aromatic heterocycles. The molecule has 0 radical (unpaired) electrons. The fourth-order valence-electron chi connectivity index (χ4n) is 2.44. The van der Waals surface area contributed by atoms with Crippen LogP contribution in [0.3, 0.4) is 0 Å². The largest absolute Gasteiger partial charge is 0.376 e. The SMILES string of the molecule is c1cc2n(n1)C(C1CCCO1)CCN2. The van der Waals surface area contributed by atoms with E-state index in [2.05, 4.69) is 15.1 Å². The molecule has 0 aliphatic carbocycles. The van der Waals surface area contributed by atoms with Gasteiger partial charge >= 0.3 is 0 Å². The topological polar surface area (TPSA) is 39.1 Å². The van der Waals surface area contributed by atoms with Crippen LogP contribution in [0.1, 0.15) is 25.3 Å². The lowest BCUT2D eigenvalue weighted by molar-refractivity contribution is 0.0592. The van der Waals surface area contributed by atoms with Crippen LogP contribution in [0.25, 0.3) is 0 Å². The van der Waals surface area contributed by atoms with E-state index in [0.29, 0.717) is 12.1 Å². The zero-order valence-electron chi connectivity index (χ0n) is 8.15. The quantitative estimate of drug-likeness (QED) is 0.733. The fraction of sp³-hybridized carbons (Fsp3) is 0.700. The number of ether oxygens (including phenoxy) is 1. The summed E-state index contributed by atoms with van der Waals surface area (Å²) in [5.41, 5.74) is 0. The average Bonchev–Trinajstić information content (AvgIpc) is 2.88. The molecule has 0 saturated carbocycles. The van der Waals surface area contributed by atoms with Crippen LogP contribution in [0.4, 0.5) is 5.82 Å². The van der Waals surface area contributed by atoms with Gasteiger partial charge in [0.1, 0.15) is 5.82 Å². The van der Waals surface area contributed by atoms with Crippen LogP contribution in [0, 0.1) is 0 Å². The van der Waals surface area contributed by atoms with Crippen molar-refractivity contribution in [2.24, 2.45) is 0 Å². The summed E-state index contributed by atoms with van der Waals surface area (Å²) in [7, 11) is 0. The summed E-state index contributed by atoms with van der Waals surface area (Å²) in [6.07, 6.45) is 5.75. The number of rotatable bonds is 1. The number of fused-ring (bicyclic) bond motifs is 1. The van der Waals surface area contributed by atoms with E-state index in [-0.39, 0.29) is 0 Å². The Kier molecular flexibility index (Phi) is 1.94. The first-order valence-corrected chi connectivity index (χ1v) is 5.34. The smallest absolute Gasteiger partial charge is 0.124 e. The minimum Gasteiger partial charge on any atom is -0.376 e. The van der Waals surface area contributed by atoms with Crippen molar-refractivity contribution in [2.75, 3.05) is 18.5 Å². The third-order valence-corrected chi connectivity index (χ3v) is 3.12. The molecule has 1 N–H and O–H groups in total. The van der Waals surface area contributed by atoms with Crippen molar-refractivity contribution in [3.05, 3.63) is 12.3 Å². The predicted molar refractivity (Wildman–Crippen MR) is 53.3 cm³/mol. The number of hydrogen-bond donors (Lipinski definition) is 1. The minimum absolute atomic E-state index is 0.385. The van der Waals surface area contributed by atoms with Gasteiger partial charge in [-0.3, -0.25) is 0 Å². The first kappa shape index (κ1) is 8.29.